The van der Waals surface area contributed by atoms with E-state index in [1.807, 2.05) is 0 Å². The summed E-state index contributed by atoms with van der Waals surface area (Å²) in [6.07, 6.45) is -6.42. The van der Waals surface area contributed by atoms with Crippen LogP contribution in [-0.2, 0) is 0 Å². The van der Waals surface area contributed by atoms with Gasteiger partial charge >= 0.3 is 0 Å². The van der Waals surface area contributed by atoms with Gasteiger partial charge in [0.2, 0.25) is 0 Å². The number of H-pyrrole nitrogens is 1. The topological polar surface area (TPSA) is 130 Å². The summed E-state index contributed by atoms with van der Waals surface area (Å²) in [5.74, 6) is 0.0646. The molecule has 0 spiro atoms. The zero-order chi connectivity index (χ0) is 14.9. The molecule has 8 heteroatoms. The van der Waals surface area contributed by atoms with Crippen molar-refractivity contribution in [3.05, 3.63) is 28.5 Å². The Labute approximate surface area is 122 Å². The highest BCUT2D eigenvalue weighted by molar-refractivity contribution is 9.10. The zero-order valence-corrected chi connectivity index (χ0v) is 11.9. The monoisotopic (exact) mass is 346 g/mol. The van der Waals surface area contributed by atoms with Crippen LogP contribution < -0.4 is 0 Å². The molecule has 0 amide bonds. The number of nitrogens with zero attached hydrogens (tertiary/aromatic N) is 1. The molecule has 7 nitrogen and oxygen atoms in total. The fourth-order valence-corrected chi connectivity index (χ4v) is 2.17. The third kappa shape index (κ3) is 3.00. The summed E-state index contributed by atoms with van der Waals surface area (Å²) < 4.78 is 0.814. The molecule has 0 saturated carbocycles. The van der Waals surface area contributed by atoms with Gasteiger partial charge in [0.25, 0.3) is 0 Å². The van der Waals surface area contributed by atoms with Gasteiger partial charge in [0.1, 0.15) is 30.2 Å². The Kier molecular flexibility index (Phi) is 4.74. The van der Waals surface area contributed by atoms with Crippen molar-refractivity contribution in [1.29, 1.82) is 0 Å². The molecule has 20 heavy (non-hydrogen) atoms. The highest BCUT2D eigenvalue weighted by atomic mass is 79.9. The van der Waals surface area contributed by atoms with E-state index < -0.39 is 31.0 Å². The lowest BCUT2D eigenvalue weighted by Crippen LogP contribution is -2.42. The molecule has 0 radical (unpaired) electrons. The second-order valence-corrected chi connectivity index (χ2v) is 5.38. The van der Waals surface area contributed by atoms with Crippen LogP contribution in [0.25, 0.3) is 11.0 Å². The lowest BCUT2D eigenvalue weighted by atomic mass is 10.0. The van der Waals surface area contributed by atoms with Gasteiger partial charge in [-0.15, -0.1) is 0 Å². The van der Waals surface area contributed by atoms with Crippen LogP contribution in [0.4, 0.5) is 0 Å². The Bertz CT molecular complexity index is 590. The Balaban J connectivity index is 2.24. The van der Waals surface area contributed by atoms with Crippen molar-refractivity contribution >= 4 is 27.0 Å². The van der Waals surface area contributed by atoms with E-state index >= 15 is 0 Å². The first-order valence-corrected chi connectivity index (χ1v) is 6.71. The molecular weight excluding hydrogens is 332 g/mol. The van der Waals surface area contributed by atoms with Crippen molar-refractivity contribution in [3.63, 3.8) is 0 Å². The molecule has 1 aromatic heterocycles. The van der Waals surface area contributed by atoms with Gasteiger partial charge in [-0.3, -0.25) is 0 Å². The maximum Gasteiger partial charge on any atom is 0.140 e. The molecule has 0 saturated heterocycles. The highest BCUT2D eigenvalue weighted by Gasteiger charge is 2.32. The van der Waals surface area contributed by atoms with E-state index in [0.717, 1.165) is 4.47 Å². The van der Waals surface area contributed by atoms with Crippen LogP contribution in [0.5, 0.6) is 0 Å². The van der Waals surface area contributed by atoms with E-state index in [9.17, 15) is 20.4 Å². The minimum atomic E-state index is -1.69. The van der Waals surface area contributed by atoms with E-state index in [-0.39, 0.29) is 5.82 Å². The number of nitrogens with one attached hydrogen (secondary N) is 1. The number of hydrogen-bond acceptors (Lipinski definition) is 6. The molecule has 1 heterocycles. The predicted molar refractivity (Wildman–Crippen MR) is 73.9 cm³/mol. The maximum absolute atomic E-state index is 9.97. The van der Waals surface area contributed by atoms with E-state index in [4.69, 9.17) is 5.11 Å². The van der Waals surface area contributed by atoms with Crippen LogP contribution in [0.1, 0.15) is 11.9 Å². The lowest BCUT2D eigenvalue weighted by molar-refractivity contribution is -0.117. The van der Waals surface area contributed by atoms with Gasteiger partial charge in [-0.25, -0.2) is 4.98 Å². The highest BCUT2D eigenvalue weighted by Crippen LogP contribution is 2.23. The average molecular weight is 347 g/mol. The Morgan fingerprint density at radius 2 is 1.85 bits per heavy atom. The molecule has 2 rings (SSSR count). The third-order valence-corrected chi connectivity index (χ3v) is 3.49. The van der Waals surface area contributed by atoms with Crippen LogP contribution in [-0.4, -0.2) is 60.4 Å². The van der Waals surface area contributed by atoms with Gasteiger partial charge < -0.3 is 30.5 Å². The van der Waals surface area contributed by atoms with Gasteiger partial charge in [-0.1, -0.05) is 15.9 Å². The molecule has 2 aromatic rings. The predicted octanol–water partition coefficient (Wildman–Crippen LogP) is -0.566. The summed E-state index contributed by atoms with van der Waals surface area (Å²) in [5, 5.41) is 47.3. The van der Waals surface area contributed by atoms with E-state index in [1.165, 1.54) is 0 Å². The number of aliphatic hydroxyl groups is 5. The van der Waals surface area contributed by atoms with Gasteiger partial charge in [0.15, 0.2) is 0 Å². The van der Waals surface area contributed by atoms with Crippen LogP contribution in [0.2, 0.25) is 0 Å². The maximum atomic E-state index is 9.97. The SMILES string of the molecule is OCC(O)C(O)C(O)[C@H](O)c1nc2cc(Br)ccc2[nH]1. The standard InChI is InChI=1S/C12H15BrN2O5/c13-5-1-2-6-7(3-5)15-12(14-6)11(20)10(19)9(18)8(17)4-16/h1-3,8-11,16-20H,4H2,(H,14,15)/t8?,9?,10?,11-/m0/s1. The van der Waals surface area contributed by atoms with Crippen molar-refractivity contribution in [2.75, 3.05) is 6.61 Å². The normalized spacial score (nSPS) is 17.9. The summed E-state index contributed by atoms with van der Waals surface area (Å²) in [5.41, 5.74) is 1.24. The van der Waals surface area contributed by atoms with Crippen molar-refractivity contribution in [2.24, 2.45) is 0 Å². The number of halogens is 1. The number of benzene rings is 1. The number of aromatic amines is 1. The molecule has 3 unspecified atom stereocenters. The number of hydrogen-bond donors (Lipinski definition) is 6. The molecular formula is C12H15BrN2O5. The quantitative estimate of drug-likeness (QED) is 0.430. The molecule has 0 aliphatic carbocycles. The number of aliphatic hydroxyl groups excluding tert-OH is 5. The molecule has 6 N–H and O–H groups in total. The van der Waals surface area contributed by atoms with Gasteiger partial charge in [0.05, 0.1) is 17.6 Å². The van der Waals surface area contributed by atoms with Gasteiger partial charge in [-0.05, 0) is 18.2 Å². The van der Waals surface area contributed by atoms with E-state index in [0.29, 0.717) is 11.0 Å². The first-order chi connectivity index (χ1) is 9.43. The number of rotatable bonds is 5. The number of aromatic nitrogens is 2. The summed E-state index contributed by atoms with van der Waals surface area (Å²) in [4.78, 5) is 6.93. The fraction of sp³-hybridized carbons (Fsp3) is 0.417. The third-order valence-electron chi connectivity index (χ3n) is 3.00. The van der Waals surface area contributed by atoms with Crippen LogP contribution in [0, 0.1) is 0 Å². The second-order valence-electron chi connectivity index (χ2n) is 4.46. The number of fused-ring (bicyclic) bond motifs is 1. The number of imidazole rings is 1. The minimum absolute atomic E-state index is 0.0646. The fourth-order valence-electron chi connectivity index (χ4n) is 1.82. The molecule has 0 aliphatic heterocycles. The average Bonchev–Trinajstić information content (AvgIpc) is 2.86. The molecule has 110 valence electrons. The van der Waals surface area contributed by atoms with Gasteiger partial charge in [-0.2, -0.15) is 0 Å². The minimum Gasteiger partial charge on any atom is -0.394 e. The Morgan fingerprint density at radius 1 is 1.15 bits per heavy atom. The van der Waals surface area contributed by atoms with Crippen molar-refractivity contribution in [1.82, 2.24) is 9.97 Å². The second kappa shape index (κ2) is 6.17. The Morgan fingerprint density at radius 3 is 2.50 bits per heavy atom. The first kappa shape index (κ1) is 15.4. The summed E-state index contributed by atoms with van der Waals surface area (Å²) in [6.45, 7) is -0.724. The molecule has 0 fully saturated rings. The largest absolute Gasteiger partial charge is 0.394 e. The van der Waals surface area contributed by atoms with Crippen LogP contribution >= 0.6 is 15.9 Å². The van der Waals surface area contributed by atoms with Crippen molar-refractivity contribution in [3.8, 4) is 0 Å². The zero-order valence-electron chi connectivity index (χ0n) is 10.3. The summed E-state index contributed by atoms with van der Waals surface area (Å²) in [6, 6.07) is 5.26. The molecule has 0 bridgehead atoms. The van der Waals surface area contributed by atoms with Crippen molar-refractivity contribution in [2.45, 2.75) is 24.4 Å². The van der Waals surface area contributed by atoms with E-state index in [1.54, 1.807) is 18.2 Å². The first-order valence-electron chi connectivity index (χ1n) is 5.92. The molecule has 1 aromatic carbocycles. The van der Waals surface area contributed by atoms with Crippen molar-refractivity contribution < 1.29 is 25.5 Å². The van der Waals surface area contributed by atoms with E-state index in [2.05, 4.69) is 25.9 Å². The van der Waals surface area contributed by atoms with Crippen LogP contribution in [0.3, 0.4) is 0 Å². The smallest absolute Gasteiger partial charge is 0.140 e. The summed E-state index contributed by atoms with van der Waals surface area (Å²) in [7, 11) is 0. The molecule has 0 aliphatic rings. The summed E-state index contributed by atoms with van der Waals surface area (Å²) >= 11 is 3.29. The molecule has 4 atom stereocenters. The lowest BCUT2D eigenvalue weighted by Gasteiger charge is -2.24. The Hall–Kier alpha value is -1.03. The van der Waals surface area contributed by atoms with Crippen LogP contribution in [0.15, 0.2) is 22.7 Å². The van der Waals surface area contributed by atoms with Gasteiger partial charge in [0, 0.05) is 4.47 Å².